The van der Waals surface area contributed by atoms with Gasteiger partial charge in [-0.15, -0.1) is 11.3 Å². The smallest absolute Gasteiger partial charge is 0.222 e. The quantitative estimate of drug-likeness (QED) is 0.742. The van der Waals surface area contributed by atoms with Gasteiger partial charge in [-0.3, -0.25) is 4.79 Å². The van der Waals surface area contributed by atoms with Crippen LogP contribution in [0.25, 0.3) is 0 Å². The lowest BCUT2D eigenvalue weighted by atomic mass is 10.1. The minimum absolute atomic E-state index is 0.159. The van der Waals surface area contributed by atoms with Crippen LogP contribution in [0.4, 0.5) is 0 Å². The molecule has 0 aliphatic heterocycles. The maximum atomic E-state index is 12.0. The maximum Gasteiger partial charge on any atom is 0.222 e. The molecule has 2 aromatic rings. The van der Waals surface area contributed by atoms with E-state index in [1.54, 1.807) is 11.3 Å². The molecule has 4 nitrogen and oxygen atoms in total. The lowest BCUT2D eigenvalue weighted by Crippen LogP contribution is -2.35. The van der Waals surface area contributed by atoms with Crippen molar-refractivity contribution in [2.75, 3.05) is 0 Å². The number of amides is 1. The number of nitrogens with zero attached hydrogens (tertiary/aromatic N) is 2. The number of hydrogen-bond acceptors (Lipinski definition) is 4. The van der Waals surface area contributed by atoms with E-state index in [0.717, 1.165) is 22.0 Å². The summed E-state index contributed by atoms with van der Waals surface area (Å²) in [4.78, 5) is 18.5. The van der Waals surface area contributed by atoms with Gasteiger partial charge in [0, 0.05) is 17.8 Å². The molecule has 0 spiro atoms. The SMILES string of the molecule is CCC(=O)N(Cc1csc(COc2cccc(C)c2C)n1)C(C)C. The zero-order valence-electron chi connectivity index (χ0n) is 15.1. The highest BCUT2D eigenvalue weighted by atomic mass is 32.1. The van der Waals surface area contributed by atoms with E-state index in [-0.39, 0.29) is 11.9 Å². The van der Waals surface area contributed by atoms with Gasteiger partial charge in [-0.1, -0.05) is 19.1 Å². The summed E-state index contributed by atoms with van der Waals surface area (Å²) in [6.07, 6.45) is 0.519. The molecular weight excluding hydrogens is 320 g/mol. The van der Waals surface area contributed by atoms with Crippen LogP contribution in [-0.4, -0.2) is 21.8 Å². The van der Waals surface area contributed by atoms with Crippen molar-refractivity contribution in [2.24, 2.45) is 0 Å². The zero-order chi connectivity index (χ0) is 17.7. The van der Waals surface area contributed by atoms with Crippen LogP contribution in [0, 0.1) is 13.8 Å². The van der Waals surface area contributed by atoms with E-state index in [4.69, 9.17) is 4.74 Å². The van der Waals surface area contributed by atoms with Crippen LogP contribution in [0.1, 0.15) is 49.0 Å². The second-order valence-electron chi connectivity index (χ2n) is 6.19. The second-order valence-corrected chi connectivity index (χ2v) is 7.13. The molecule has 0 atom stereocenters. The molecule has 0 fully saturated rings. The lowest BCUT2D eigenvalue weighted by Gasteiger charge is -2.25. The highest BCUT2D eigenvalue weighted by Gasteiger charge is 2.17. The Morgan fingerprint density at radius 2 is 2.08 bits per heavy atom. The van der Waals surface area contributed by atoms with E-state index in [1.165, 1.54) is 5.56 Å². The third-order valence-corrected chi connectivity index (χ3v) is 4.96. The Balaban J connectivity index is 2.00. The van der Waals surface area contributed by atoms with Crippen LogP contribution in [0.15, 0.2) is 23.6 Å². The third kappa shape index (κ3) is 4.57. The first-order valence-electron chi connectivity index (χ1n) is 8.34. The van der Waals surface area contributed by atoms with Crippen LogP contribution in [0.2, 0.25) is 0 Å². The first-order valence-corrected chi connectivity index (χ1v) is 9.22. The molecule has 5 heteroatoms. The van der Waals surface area contributed by atoms with E-state index in [9.17, 15) is 4.79 Å². The molecule has 2 rings (SSSR count). The van der Waals surface area contributed by atoms with Gasteiger partial charge in [0.15, 0.2) is 0 Å². The largest absolute Gasteiger partial charge is 0.486 e. The Morgan fingerprint density at radius 1 is 1.33 bits per heavy atom. The summed E-state index contributed by atoms with van der Waals surface area (Å²) in [7, 11) is 0. The number of rotatable bonds is 7. The van der Waals surface area contributed by atoms with Gasteiger partial charge < -0.3 is 9.64 Å². The van der Waals surface area contributed by atoms with Crippen molar-refractivity contribution in [2.45, 2.75) is 60.2 Å². The predicted octanol–water partition coefficient (Wildman–Crippen LogP) is 4.49. The summed E-state index contributed by atoms with van der Waals surface area (Å²) in [6.45, 7) is 11.1. The average molecular weight is 346 g/mol. The Hall–Kier alpha value is -1.88. The lowest BCUT2D eigenvalue weighted by molar-refractivity contribution is -0.133. The van der Waals surface area contributed by atoms with E-state index < -0.39 is 0 Å². The Bertz CT molecular complexity index is 694. The van der Waals surface area contributed by atoms with Gasteiger partial charge in [-0.2, -0.15) is 0 Å². The van der Waals surface area contributed by atoms with Gasteiger partial charge in [0.05, 0.1) is 12.2 Å². The Kier molecular flexibility index (Phi) is 6.37. The number of ether oxygens (including phenoxy) is 1. The molecule has 0 radical (unpaired) electrons. The first kappa shape index (κ1) is 18.5. The molecule has 0 bridgehead atoms. The van der Waals surface area contributed by atoms with Crippen molar-refractivity contribution in [1.29, 1.82) is 0 Å². The Morgan fingerprint density at radius 3 is 2.75 bits per heavy atom. The fraction of sp³-hybridized carbons (Fsp3) is 0.474. The molecular formula is C19H26N2O2S. The summed E-state index contributed by atoms with van der Waals surface area (Å²) in [5.74, 6) is 1.06. The highest BCUT2D eigenvalue weighted by molar-refractivity contribution is 7.09. The van der Waals surface area contributed by atoms with Crippen LogP contribution in [-0.2, 0) is 17.9 Å². The van der Waals surface area contributed by atoms with Crippen LogP contribution < -0.4 is 4.74 Å². The normalized spacial score (nSPS) is 10.9. The van der Waals surface area contributed by atoms with Crippen molar-refractivity contribution >= 4 is 17.2 Å². The molecule has 1 aromatic heterocycles. The number of aromatic nitrogens is 1. The average Bonchev–Trinajstić information content (AvgIpc) is 3.00. The van der Waals surface area contributed by atoms with Crippen LogP contribution in [0.3, 0.4) is 0 Å². The van der Waals surface area contributed by atoms with E-state index in [0.29, 0.717) is 19.6 Å². The summed E-state index contributed by atoms with van der Waals surface area (Å²) in [5, 5.41) is 2.94. The first-order chi connectivity index (χ1) is 11.4. The highest BCUT2D eigenvalue weighted by Crippen LogP contribution is 2.22. The molecule has 0 saturated heterocycles. The number of benzene rings is 1. The van der Waals surface area contributed by atoms with Crippen molar-refractivity contribution in [3.8, 4) is 5.75 Å². The maximum absolute atomic E-state index is 12.0. The molecule has 1 heterocycles. The van der Waals surface area contributed by atoms with Gasteiger partial charge in [0.1, 0.15) is 17.4 Å². The van der Waals surface area contributed by atoms with Crippen LogP contribution >= 0.6 is 11.3 Å². The van der Waals surface area contributed by atoms with Gasteiger partial charge in [0.25, 0.3) is 0 Å². The van der Waals surface area contributed by atoms with E-state index >= 15 is 0 Å². The van der Waals surface area contributed by atoms with Gasteiger partial charge in [-0.05, 0) is 44.9 Å². The topological polar surface area (TPSA) is 42.4 Å². The molecule has 1 amide bonds. The second kappa shape index (κ2) is 8.29. The number of carbonyl (C=O) groups excluding carboxylic acids is 1. The van der Waals surface area contributed by atoms with E-state index in [2.05, 4.69) is 24.9 Å². The predicted molar refractivity (Wildman–Crippen MR) is 98.3 cm³/mol. The van der Waals surface area contributed by atoms with Gasteiger partial charge in [-0.25, -0.2) is 4.98 Å². The molecule has 0 saturated carbocycles. The van der Waals surface area contributed by atoms with Crippen molar-refractivity contribution in [3.05, 3.63) is 45.4 Å². The molecule has 1 aromatic carbocycles. The number of aryl methyl sites for hydroxylation is 1. The Labute approximate surface area is 148 Å². The third-order valence-electron chi connectivity index (χ3n) is 4.08. The number of carbonyl (C=O) groups is 1. The fourth-order valence-electron chi connectivity index (χ4n) is 2.44. The molecule has 0 aliphatic carbocycles. The monoisotopic (exact) mass is 346 g/mol. The summed E-state index contributed by atoms with van der Waals surface area (Å²) >= 11 is 1.58. The molecule has 0 unspecified atom stereocenters. The van der Waals surface area contributed by atoms with Gasteiger partial charge in [0.2, 0.25) is 5.91 Å². The minimum atomic E-state index is 0.159. The summed E-state index contributed by atoms with van der Waals surface area (Å²) in [6, 6.07) is 6.24. The minimum Gasteiger partial charge on any atom is -0.486 e. The van der Waals surface area contributed by atoms with E-state index in [1.807, 2.05) is 43.2 Å². The molecule has 24 heavy (non-hydrogen) atoms. The zero-order valence-corrected chi connectivity index (χ0v) is 15.9. The standard InChI is InChI=1S/C19H26N2O2S/c1-6-19(22)21(13(2)3)10-16-12-24-18(20-16)11-23-17-9-7-8-14(4)15(17)5/h7-9,12-13H,6,10-11H2,1-5H3. The van der Waals surface area contributed by atoms with Crippen molar-refractivity contribution in [1.82, 2.24) is 9.88 Å². The molecule has 0 N–H and O–H groups in total. The fourth-order valence-corrected chi connectivity index (χ4v) is 3.14. The molecule has 130 valence electrons. The van der Waals surface area contributed by atoms with Gasteiger partial charge >= 0.3 is 0 Å². The van der Waals surface area contributed by atoms with Crippen molar-refractivity contribution in [3.63, 3.8) is 0 Å². The summed E-state index contributed by atoms with van der Waals surface area (Å²) in [5.41, 5.74) is 3.31. The number of hydrogen-bond donors (Lipinski definition) is 0. The molecule has 0 aliphatic rings. The van der Waals surface area contributed by atoms with Crippen LogP contribution in [0.5, 0.6) is 5.75 Å². The summed E-state index contributed by atoms with van der Waals surface area (Å²) < 4.78 is 5.91. The number of thiazole rings is 1. The van der Waals surface area contributed by atoms with Crippen molar-refractivity contribution < 1.29 is 9.53 Å².